The van der Waals surface area contributed by atoms with E-state index in [1.54, 1.807) is 18.2 Å². The van der Waals surface area contributed by atoms with Crippen molar-refractivity contribution in [3.63, 3.8) is 0 Å². The van der Waals surface area contributed by atoms with Gasteiger partial charge in [0.1, 0.15) is 0 Å². The lowest BCUT2D eigenvalue weighted by atomic mass is 10.2. The minimum Gasteiger partial charge on any atom is -0.399 e. The van der Waals surface area contributed by atoms with E-state index in [1.807, 2.05) is 0 Å². The van der Waals surface area contributed by atoms with Crippen LogP contribution >= 0.6 is 27.5 Å². The van der Waals surface area contributed by atoms with Crippen LogP contribution in [-0.4, -0.2) is 5.33 Å². The third-order valence-corrected chi connectivity index (χ3v) is 1.72. The van der Waals surface area contributed by atoms with E-state index in [1.165, 1.54) is 0 Å². The molecule has 1 aromatic carbocycles. The van der Waals surface area contributed by atoms with Gasteiger partial charge in [-0.3, -0.25) is 0 Å². The van der Waals surface area contributed by atoms with Crippen LogP contribution < -0.4 is 5.73 Å². The minimum absolute atomic E-state index is 0.619. The Morgan fingerprint density at radius 2 is 2.17 bits per heavy atom. The number of anilines is 1. The summed E-state index contributed by atoms with van der Waals surface area (Å²) in [6, 6.07) is 5.27. The molecule has 0 saturated heterocycles. The van der Waals surface area contributed by atoms with Crippen molar-refractivity contribution in [2.24, 2.45) is 0 Å². The predicted molar refractivity (Wildman–Crippen MR) is 56.5 cm³/mol. The number of nitrogen functional groups attached to an aromatic ring is 1. The van der Waals surface area contributed by atoms with Gasteiger partial charge >= 0.3 is 0 Å². The monoisotopic (exact) mass is 243 g/mol. The van der Waals surface area contributed by atoms with E-state index in [-0.39, 0.29) is 0 Å². The summed E-state index contributed by atoms with van der Waals surface area (Å²) >= 11 is 8.98. The van der Waals surface area contributed by atoms with E-state index in [0.29, 0.717) is 16.0 Å². The molecule has 0 radical (unpaired) electrons. The van der Waals surface area contributed by atoms with E-state index in [2.05, 4.69) is 27.8 Å². The molecule has 0 unspecified atom stereocenters. The molecular formula is C9H7BrClN. The molecule has 2 N–H and O–H groups in total. The molecule has 3 heteroatoms. The van der Waals surface area contributed by atoms with Crippen molar-refractivity contribution in [3.05, 3.63) is 28.8 Å². The maximum atomic E-state index is 5.77. The van der Waals surface area contributed by atoms with Gasteiger partial charge in [0.2, 0.25) is 0 Å². The number of halogens is 2. The Bertz CT molecular complexity index is 318. The molecule has 0 fully saturated rings. The van der Waals surface area contributed by atoms with Gasteiger partial charge in [0.05, 0.1) is 5.33 Å². The Hall–Kier alpha value is -0.650. The zero-order valence-electron chi connectivity index (χ0n) is 6.27. The second-order valence-corrected chi connectivity index (χ2v) is 3.21. The maximum Gasteiger partial charge on any atom is 0.0649 e. The highest BCUT2D eigenvalue weighted by Gasteiger charge is 1.92. The van der Waals surface area contributed by atoms with Gasteiger partial charge in [-0.05, 0) is 18.2 Å². The minimum atomic E-state index is 0.619. The second kappa shape index (κ2) is 4.39. The Balaban J connectivity index is 3.01. The second-order valence-electron chi connectivity index (χ2n) is 2.21. The SMILES string of the molecule is Nc1cc(Cl)cc(C#CCBr)c1. The summed E-state index contributed by atoms with van der Waals surface area (Å²) in [5.74, 6) is 5.79. The van der Waals surface area contributed by atoms with Crippen LogP contribution in [0.25, 0.3) is 0 Å². The molecule has 0 amide bonds. The summed E-state index contributed by atoms with van der Waals surface area (Å²) in [6.07, 6.45) is 0. The predicted octanol–water partition coefficient (Wildman–Crippen LogP) is 2.67. The number of hydrogen-bond acceptors (Lipinski definition) is 1. The van der Waals surface area contributed by atoms with Gasteiger partial charge in [-0.25, -0.2) is 0 Å². The molecule has 1 rings (SSSR count). The van der Waals surface area contributed by atoms with E-state index in [0.717, 1.165) is 5.56 Å². The first-order valence-electron chi connectivity index (χ1n) is 3.33. The van der Waals surface area contributed by atoms with Crippen LogP contribution in [0.1, 0.15) is 5.56 Å². The van der Waals surface area contributed by atoms with E-state index in [9.17, 15) is 0 Å². The van der Waals surface area contributed by atoms with Crippen LogP contribution in [-0.2, 0) is 0 Å². The molecule has 0 heterocycles. The molecule has 0 atom stereocenters. The summed E-state index contributed by atoms with van der Waals surface area (Å²) in [7, 11) is 0. The van der Waals surface area contributed by atoms with Crippen LogP contribution in [0.15, 0.2) is 18.2 Å². The van der Waals surface area contributed by atoms with Gasteiger partial charge in [-0.2, -0.15) is 0 Å². The fourth-order valence-corrected chi connectivity index (χ4v) is 1.20. The molecule has 0 spiro atoms. The van der Waals surface area contributed by atoms with Gasteiger partial charge in [0.25, 0.3) is 0 Å². The third-order valence-electron chi connectivity index (χ3n) is 1.22. The first-order valence-corrected chi connectivity index (χ1v) is 4.83. The molecule has 0 bridgehead atoms. The highest BCUT2D eigenvalue weighted by atomic mass is 79.9. The quantitative estimate of drug-likeness (QED) is 0.424. The highest BCUT2D eigenvalue weighted by molar-refractivity contribution is 9.09. The lowest BCUT2D eigenvalue weighted by Crippen LogP contribution is -1.85. The van der Waals surface area contributed by atoms with Crippen LogP contribution in [0.2, 0.25) is 5.02 Å². The van der Waals surface area contributed by atoms with Crippen LogP contribution in [0.5, 0.6) is 0 Å². The van der Waals surface area contributed by atoms with Crippen molar-refractivity contribution in [2.45, 2.75) is 0 Å². The van der Waals surface area contributed by atoms with Crippen molar-refractivity contribution < 1.29 is 0 Å². The fourth-order valence-electron chi connectivity index (χ4n) is 0.820. The van der Waals surface area contributed by atoms with Gasteiger partial charge in [-0.15, -0.1) is 0 Å². The van der Waals surface area contributed by atoms with E-state index >= 15 is 0 Å². The van der Waals surface area contributed by atoms with Gasteiger partial charge < -0.3 is 5.73 Å². The standard InChI is InChI=1S/C9H7BrClN/c10-3-1-2-7-4-8(11)6-9(12)5-7/h4-6H,3,12H2. The lowest BCUT2D eigenvalue weighted by molar-refractivity contribution is 1.63. The van der Waals surface area contributed by atoms with Crippen LogP contribution in [0.4, 0.5) is 5.69 Å². The summed E-state index contributed by atoms with van der Waals surface area (Å²) < 4.78 is 0. The maximum absolute atomic E-state index is 5.77. The number of nitrogens with two attached hydrogens (primary N) is 1. The molecule has 0 aliphatic carbocycles. The first kappa shape index (κ1) is 9.44. The van der Waals surface area contributed by atoms with Crippen molar-refractivity contribution in [1.29, 1.82) is 0 Å². The number of alkyl halides is 1. The number of benzene rings is 1. The molecule has 0 aliphatic heterocycles. The van der Waals surface area contributed by atoms with Crippen molar-refractivity contribution in [1.82, 2.24) is 0 Å². The van der Waals surface area contributed by atoms with E-state index in [4.69, 9.17) is 17.3 Å². The highest BCUT2D eigenvalue weighted by Crippen LogP contribution is 2.15. The molecule has 0 aliphatic rings. The zero-order valence-corrected chi connectivity index (χ0v) is 8.61. The Morgan fingerprint density at radius 1 is 1.42 bits per heavy atom. The topological polar surface area (TPSA) is 26.0 Å². The first-order chi connectivity index (χ1) is 5.72. The molecule has 12 heavy (non-hydrogen) atoms. The average molecular weight is 245 g/mol. The van der Waals surface area contributed by atoms with Gasteiger partial charge in [0, 0.05) is 16.3 Å². The van der Waals surface area contributed by atoms with E-state index < -0.39 is 0 Å². The summed E-state index contributed by atoms with van der Waals surface area (Å²) in [5, 5.41) is 1.27. The Kier molecular flexibility index (Phi) is 3.46. The smallest absolute Gasteiger partial charge is 0.0649 e. The molecular weight excluding hydrogens is 237 g/mol. The van der Waals surface area contributed by atoms with Crippen LogP contribution in [0, 0.1) is 11.8 Å². The Labute approximate surface area is 85.0 Å². The molecule has 1 aromatic rings. The third kappa shape index (κ3) is 2.77. The Morgan fingerprint density at radius 3 is 2.75 bits per heavy atom. The lowest BCUT2D eigenvalue weighted by Gasteiger charge is -1.95. The zero-order chi connectivity index (χ0) is 8.97. The molecule has 0 saturated carbocycles. The summed E-state index contributed by atoms with van der Waals surface area (Å²) in [6.45, 7) is 0. The van der Waals surface area contributed by atoms with Crippen molar-refractivity contribution in [2.75, 3.05) is 11.1 Å². The summed E-state index contributed by atoms with van der Waals surface area (Å²) in [4.78, 5) is 0. The number of hydrogen-bond donors (Lipinski definition) is 1. The summed E-state index contributed by atoms with van der Waals surface area (Å²) in [5.41, 5.74) is 7.05. The molecule has 1 nitrogen and oxygen atoms in total. The normalized spacial score (nSPS) is 8.83. The number of rotatable bonds is 0. The van der Waals surface area contributed by atoms with Crippen molar-refractivity contribution in [3.8, 4) is 11.8 Å². The fraction of sp³-hybridized carbons (Fsp3) is 0.111. The molecule has 0 aromatic heterocycles. The van der Waals surface area contributed by atoms with Gasteiger partial charge in [-0.1, -0.05) is 39.4 Å². The molecule has 62 valence electrons. The largest absolute Gasteiger partial charge is 0.399 e. The van der Waals surface area contributed by atoms with Gasteiger partial charge in [0.15, 0.2) is 0 Å². The van der Waals surface area contributed by atoms with Crippen molar-refractivity contribution >= 4 is 33.2 Å². The average Bonchev–Trinajstić information content (AvgIpc) is 1.99. The van der Waals surface area contributed by atoms with Crippen LogP contribution in [0.3, 0.4) is 0 Å².